The van der Waals surface area contributed by atoms with E-state index in [0.717, 1.165) is 28.9 Å². The fourth-order valence-corrected chi connectivity index (χ4v) is 3.59. The molecule has 0 amide bonds. The molecule has 0 saturated carbocycles. The van der Waals surface area contributed by atoms with Crippen molar-refractivity contribution in [3.05, 3.63) is 58.1 Å². The smallest absolute Gasteiger partial charge is 0.124 e. The molecule has 0 radical (unpaired) electrons. The van der Waals surface area contributed by atoms with Crippen LogP contribution in [0.15, 0.2) is 51.9 Å². The first-order valence-corrected chi connectivity index (χ1v) is 9.33. The Kier molecular flexibility index (Phi) is 6.10. The highest BCUT2D eigenvalue weighted by molar-refractivity contribution is 9.10. The van der Waals surface area contributed by atoms with Crippen molar-refractivity contribution >= 4 is 22.1 Å². The maximum atomic E-state index is 9.96. The molecule has 1 saturated heterocycles. The molecule has 4 nitrogen and oxygen atoms in total. The zero-order valence-electron chi connectivity index (χ0n) is 14.4. The van der Waals surface area contributed by atoms with Gasteiger partial charge in [-0.2, -0.15) is 0 Å². The van der Waals surface area contributed by atoms with Crippen LogP contribution in [0.2, 0.25) is 0 Å². The number of phenols is 1. The standard InChI is InChI=1S/C20H23BrN2O2/c1-25-18-6-4-5-15(12-18)19(23-9-2-3-10-23)14-22-13-16-11-17(21)7-8-20(16)24/h4-8,11-13,19,24H,2-3,9-10,14H2,1H3/t19-/m0/s1. The van der Waals surface area contributed by atoms with Crippen LogP contribution in [0, 0.1) is 0 Å². The van der Waals surface area contributed by atoms with Gasteiger partial charge in [0.2, 0.25) is 0 Å². The van der Waals surface area contributed by atoms with Crippen molar-refractivity contribution < 1.29 is 9.84 Å². The molecule has 1 heterocycles. The SMILES string of the molecule is COc1cccc([C@H](CN=Cc2cc(Br)ccc2O)N2CCCC2)c1. The number of aromatic hydroxyl groups is 1. The molecule has 25 heavy (non-hydrogen) atoms. The van der Waals surface area contributed by atoms with Crippen LogP contribution in [0.5, 0.6) is 11.5 Å². The Morgan fingerprint density at radius 3 is 2.80 bits per heavy atom. The summed E-state index contributed by atoms with van der Waals surface area (Å²) in [6.07, 6.45) is 4.22. The van der Waals surface area contributed by atoms with Crippen molar-refractivity contribution in [3.8, 4) is 11.5 Å². The van der Waals surface area contributed by atoms with E-state index in [-0.39, 0.29) is 11.8 Å². The summed E-state index contributed by atoms with van der Waals surface area (Å²) < 4.78 is 6.30. The maximum absolute atomic E-state index is 9.96. The number of hydrogen-bond acceptors (Lipinski definition) is 4. The lowest BCUT2D eigenvalue weighted by atomic mass is 10.1. The number of rotatable bonds is 6. The number of phenolic OH excluding ortho intramolecular Hbond substituents is 1. The van der Waals surface area contributed by atoms with Gasteiger partial charge in [-0.1, -0.05) is 28.1 Å². The lowest BCUT2D eigenvalue weighted by Crippen LogP contribution is -2.27. The second kappa shape index (κ2) is 8.50. The summed E-state index contributed by atoms with van der Waals surface area (Å²) in [5.74, 6) is 1.11. The molecular weight excluding hydrogens is 380 g/mol. The summed E-state index contributed by atoms with van der Waals surface area (Å²) >= 11 is 3.43. The summed E-state index contributed by atoms with van der Waals surface area (Å²) in [6.45, 7) is 2.85. The van der Waals surface area contributed by atoms with Crippen molar-refractivity contribution in [2.75, 3.05) is 26.7 Å². The number of hydrogen-bond donors (Lipinski definition) is 1. The summed E-state index contributed by atoms with van der Waals surface area (Å²) in [4.78, 5) is 7.11. The molecule has 1 fully saturated rings. The predicted molar refractivity (Wildman–Crippen MR) is 105 cm³/mol. The summed E-state index contributed by atoms with van der Waals surface area (Å²) in [5.41, 5.74) is 1.94. The molecule has 1 N–H and O–H groups in total. The first-order valence-electron chi connectivity index (χ1n) is 8.54. The molecule has 0 aromatic heterocycles. The van der Waals surface area contributed by atoms with Gasteiger partial charge in [-0.05, 0) is 61.8 Å². The third-order valence-electron chi connectivity index (χ3n) is 4.56. The van der Waals surface area contributed by atoms with Gasteiger partial charge >= 0.3 is 0 Å². The molecule has 1 aliphatic heterocycles. The van der Waals surface area contributed by atoms with E-state index in [1.807, 2.05) is 24.3 Å². The minimum absolute atomic E-state index is 0.225. The normalized spacial score (nSPS) is 16.4. The fourth-order valence-electron chi connectivity index (χ4n) is 3.21. The summed E-state index contributed by atoms with van der Waals surface area (Å²) in [5, 5.41) is 9.96. The van der Waals surface area contributed by atoms with Gasteiger partial charge in [0.15, 0.2) is 0 Å². The molecule has 0 bridgehead atoms. The van der Waals surface area contributed by atoms with Crippen LogP contribution in [-0.2, 0) is 0 Å². The van der Waals surface area contributed by atoms with E-state index in [0.29, 0.717) is 6.54 Å². The molecule has 0 spiro atoms. The molecule has 1 aliphatic rings. The quantitative estimate of drug-likeness (QED) is 0.727. The van der Waals surface area contributed by atoms with Crippen LogP contribution in [0.25, 0.3) is 0 Å². The number of aliphatic imine (C=N–C) groups is 1. The first-order chi connectivity index (χ1) is 12.2. The Morgan fingerprint density at radius 2 is 2.04 bits per heavy atom. The van der Waals surface area contributed by atoms with Gasteiger partial charge in [0.25, 0.3) is 0 Å². The van der Waals surface area contributed by atoms with Gasteiger partial charge < -0.3 is 9.84 Å². The van der Waals surface area contributed by atoms with Crippen LogP contribution in [0.3, 0.4) is 0 Å². The van der Waals surface area contributed by atoms with Crippen LogP contribution in [-0.4, -0.2) is 43.0 Å². The number of ether oxygens (including phenoxy) is 1. The lowest BCUT2D eigenvalue weighted by molar-refractivity contribution is 0.251. The van der Waals surface area contributed by atoms with Crippen molar-refractivity contribution in [1.29, 1.82) is 0 Å². The molecule has 5 heteroatoms. The number of benzene rings is 2. The van der Waals surface area contributed by atoms with Crippen LogP contribution >= 0.6 is 15.9 Å². The second-order valence-electron chi connectivity index (χ2n) is 6.23. The Morgan fingerprint density at radius 1 is 1.24 bits per heavy atom. The Hall–Kier alpha value is -1.85. The van der Waals surface area contributed by atoms with Crippen molar-refractivity contribution in [3.63, 3.8) is 0 Å². The molecule has 3 rings (SSSR count). The van der Waals surface area contributed by atoms with Crippen LogP contribution < -0.4 is 4.74 Å². The third kappa shape index (κ3) is 4.61. The number of nitrogens with zero attached hydrogens (tertiary/aromatic N) is 2. The van der Waals surface area contributed by atoms with Gasteiger partial charge in [0, 0.05) is 16.3 Å². The van der Waals surface area contributed by atoms with Gasteiger partial charge in [0.05, 0.1) is 19.7 Å². The molecule has 0 aliphatic carbocycles. The highest BCUT2D eigenvalue weighted by Crippen LogP contribution is 2.28. The van der Waals surface area contributed by atoms with E-state index in [1.54, 1.807) is 19.4 Å². The van der Waals surface area contributed by atoms with Gasteiger partial charge in [-0.15, -0.1) is 0 Å². The minimum atomic E-state index is 0.225. The van der Waals surface area contributed by atoms with Gasteiger partial charge in [-0.3, -0.25) is 9.89 Å². The predicted octanol–water partition coefficient (Wildman–Crippen LogP) is 4.42. The van der Waals surface area contributed by atoms with Crippen LogP contribution in [0.1, 0.15) is 30.0 Å². The van der Waals surface area contributed by atoms with E-state index < -0.39 is 0 Å². The van der Waals surface area contributed by atoms with E-state index in [1.165, 1.54) is 18.4 Å². The second-order valence-corrected chi connectivity index (χ2v) is 7.15. The van der Waals surface area contributed by atoms with E-state index >= 15 is 0 Å². The van der Waals surface area contributed by atoms with Gasteiger partial charge in [0.1, 0.15) is 11.5 Å². The molecule has 1 atom stereocenters. The molecule has 0 unspecified atom stereocenters. The fraction of sp³-hybridized carbons (Fsp3) is 0.350. The summed E-state index contributed by atoms with van der Waals surface area (Å²) in [6, 6.07) is 13.8. The first kappa shape index (κ1) is 18.0. The highest BCUT2D eigenvalue weighted by atomic mass is 79.9. The van der Waals surface area contributed by atoms with Gasteiger partial charge in [-0.25, -0.2) is 0 Å². The molecule has 2 aromatic rings. The maximum Gasteiger partial charge on any atom is 0.124 e. The Balaban J connectivity index is 1.80. The number of halogens is 1. The third-order valence-corrected chi connectivity index (χ3v) is 5.05. The lowest BCUT2D eigenvalue weighted by Gasteiger charge is -2.26. The zero-order chi connectivity index (χ0) is 17.6. The monoisotopic (exact) mass is 402 g/mol. The Bertz CT molecular complexity index is 742. The Labute approximate surface area is 157 Å². The van der Waals surface area contributed by atoms with Crippen molar-refractivity contribution in [2.24, 2.45) is 4.99 Å². The largest absolute Gasteiger partial charge is 0.507 e. The minimum Gasteiger partial charge on any atom is -0.507 e. The topological polar surface area (TPSA) is 45.1 Å². The van der Waals surface area contributed by atoms with E-state index in [4.69, 9.17) is 4.74 Å². The van der Waals surface area contributed by atoms with Crippen LogP contribution in [0.4, 0.5) is 0 Å². The van der Waals surface area contributed by atoms with E-state index in [9.17, 15) is 5.11 Å². The zero-order valence-corrected chi connectivity index (χ0v) is 15.9. The average Bonchev–Trinajstić information content (AvgIpc) is 3.16. The average molecular weight is 403 g/mol. The highest BCUT2D eigenvalue weighted by Gasteiger charge is 2.23. The number of methoxy groups -OCH3 is 1. The number of likely N-dealkylation sites (tertiary alicyclic amines) is 1. The van der Waals surface area contributed by atoms with E-state index in [2.05, 4.69) is 38.0 Å². The molecule has 2 aromatic carbocycles. The van der Waals surface area contributed by atoms with Crippen molar-refractivity contribution in [1.82, 2.24) is 4.90 Å². The van der Waals surface area contributed by atoms with Crippen molar-refractivity contribution in [2.45, 2.75) is 18.9 Å². The summed E-state index contributed by atoms with van der Waals surface area (Å²) in [7, 11) is 1.69. The molecular formula is C20H23BrN2O2. The molecule has 132 valence electrons.